The van der Waals surface area contributed by atoms with Crippen LogP contribution in [0.3, 0.4) is 0 Å². The first kappa shape index (κ1) is 11.2. The van der Waals surface area contributed by atoms with Crippen molar-refractivity contribution in [3.05, 3.63) is 28.8 Å². The first-order chi connectivity index (χ1) is 6.50. The van der Waals surface area contributed by atoms with Gasteiger partial charge in [0.25, 0.3) is 0 Å². The average Bonchev–Trinajstić information content (AvgIpc) is 2.07. The molecular formula is C10H11ClF2O. The largest absolute Gasteiger partial charge is 0.435 e. The summed E-state index contributed by atoms with van der Waals surface area (Å²) >= 11 is 5.88. The third kappa shape index (κ3) is 2.84. The highest BCUT2D eigenvalue weighted by molar-refractivity contribution is 6.31. The predicted octanol–water partition coefficient (Wildman–Crippen LogP) is 4.06. The summed E-state index contributed by atoms with van der Waals surface area (Å²) in [6, 6.07) is 4.54. The fourth-order valence-electron chi connectivity index (χ4n) is 1.14. The SMILES string of the molecule is CC(C)c1cc(OC(F)F)ccc1Cl. The topological polar surface area (TPSA) is 9.23 Å². The number of hydrogen-bond donors (Lipinski definition) is 0. The van der Waals surface area contributed by atoms with Crippen LogP contribution >= 0.6 is 11.6 Å². The molecule has 78 valence electrons. The second kappa shape index (κ2) is 4.60. The summed E-state index contributed by atoms with van der Waals surface area (Å²) < 4.78 is 28.1. The van der Waals surface area contributed by atoms with Crippen molar-refractivity contribution in [3.63, 3.8) is 0 Å². The Labute approximate surface area is 86.6 Å². The van der Waals surface area contributed by atoms with Crippen LogP contribution in [0.4, 0.5) is 8.78 Å². The average molecular weight is 221 g/mol. The fraction of sp³-hybridized carbons (Fsp3) is 0.400. The molecule has 1 rings (SSSR count). The number of benzene rings is 1. The minimum atomic E-state index is -2.80. The van der Waals surface area contributed by atoms with E-state index >= 15 is 0 Å². The van der Waals surface area contributed by atoms with Crippen molar-refractivity contribution in [1.82, 2.24) is 0 Å². The molecule has 0 bridgehead atoms. The zero-order valence-electron chi connectivity index (χ0n) is 7.93. The van der Waals surface area contributed by atoms with Crippen LogP contribution in [0.1, 0.15) is 25.3 Å². The van der Waals surface area contributed by atoms with Gasteiger partial charge in [-0.15, -0.1) is 0 Å². The van der Waals surface area contributed by atoms with Gasteiger partial charge >= 0.3 is 6.61 Å². The summed E-state index contributed by atoms with van der Waals surface area (Å²) in [6.45, 7) is 1.08. The minimum absolute atomic E-state index is 0.146. The summed E-state index contributed by atoms with van der Waals surface area (Å²) in [5, 5.41) is 0.571. The molecule has 0 aliphatic heterocycles. The molecule has 0 unspecified atom stereocenters. The molecule has 1 nitrogen and oxygen atoms in total. The van der Waals surface area contributed by atoms with Gasteiger partial charge in [-0.25, -0.2) is 0 Å². The molecule has 0 aliphatic carbocycles. The van der Waals surface area contributed by atoms with Crippen LogP contribution in [0.5, 0.6) is 5.75 Å². The molecule has 0 saturated heterocycles. The Kier molecular flexibility index (Phi) is 3.69. The Morgan fingerprint density at radius 2 is 1.93 bits per heavy atom. The van der Waals surface area contributed by atoms with Gasteiger partial charge in [0.05, 0.1) is 0 Å². The van der Waals surface area contributed by atoms with Gasteiger partial charge in [-0.05, 0) is 29.7 Å². The number of alkyl halides is 2. The van der Waals surface area contributed by atoms with E-state index in [0.29, 0.717) is 5.02 Å². The molecule has 4 heteroatoms. The molecule has 0 saturated carbocycles. The van der Waals surface area contributed by atoms with Gasteiger partial charge in [-0.3, -0.25) is 0 Å². The summed E-state index contributed by atoms with van der Waals surface area (Å²) in [4.78, 5) is 0. The molecule has 0 N–H and O–H groups in total. The minimum Gasteiger partial charge on any atom is -0.435 e. The van der Waals surface area contributed by atoms with Crippen LogP contribution < -0.4 is 4.74 Å². The molecular weight excluding hydrogens is 210 g/mol. The van der Waals surface area contributed by atoms with Crippen molar-refractivity contribution >= 4 is 11.6 Å². The van der Waals surface area contributed by atoms with Crippen LogP contribution in [0.25, 0.3) is 0 Å². The summed E-state index contributed by atoms with van der Waals surface area (Å²) in [5.74, 6) is 0.330. The fourth-order valence-corrected chi connectivity index (χ4v) is 1.48. The molecule has 0 atom stereocenters. The summed E-state index contributed by atoms with van der Waals surface area (Å²) in [5.41, 5.74) is 0.810. The highest BCUT2D eigenvalue weighted by atomic mass is 35.5. The maximum Gasteiger partial charge on any atom is 0.387 e. The van der Waals surface area contributed by atoms with Crippen molar-refractivity contribution in [1.29, 1.82) is 0 Å². The van der Waals surface area contributed by atoms with Crippen molar-refractivity contribution in [2.75, 3.05) is 0 Å². The third-order valence-electron chi connectivity index (χ3n) is 1.81. The number of halogens is 3. The third-order valence-corrected chi connectivity index (χ3v) is 2.16. The van der Waals surface area contributed by atoms with E-state index in [1.807, 2.05) is 13.8 Å². The van der Waals surface area contributed by atoms with E-state index in [0.717, 1.165) is 5.56 Å². The Balaban J connectivity index is 2.94. The van der Waals surface area contributed by atoms with Gasteiger partial charge in [0.1, 0.15) is 5.75 Å². The molecule has 0 amide bonds. The maximum atomic E-state index is 11.9. The first-order valence-electron chi connectivity index (χ1n) is 4.25. The van der Waals surface area contributed by atoms with E-state index in [2.05, 4.69) is 4.74 Å². The monoisotopic (exact) mass is 220 g/mol. The van der Waals surface area contributed by atoms with E-state index in [1.165, 1.54) is 6.07 Å². The van der Waals surface area contributed by atoms with E-state index in [4.69, 9.17) is 11.6 Å². The summed E-state index contributed by atoms with van der Waals surface area (Å²) in [6.07, 6.45) is 0. The van der Waals surface area contributed by atoms with Crippen molar-refractivity contribution in [2.24, 2.45) is 0 Å². The maximum absolute atomic E-state index is 11.9. The Bertz CT molecular complexity index is 313. The van der Waals surface area contributed by atoms with E-state index in [-0.39, 0.29) is 11.7 Å². The van der Waals surface area contributed by atoms with Gasteiger partial charge in [0, 0.05) is 5.02 Å². The Hall–Kier alpha value is -0.830. The van der Waals surface area contributed by atoms with Gasteiger partial charge in [0.2, 0.25) is 0 Å². The molecule has 0 aromatic heterocycles. The van der Waals surface area contributed by atoms with Crippen molar-refractivity contribution in [3.8, 4) is 5.75 Å². The predicted molar refractivity (Wildman–Crippen MR) is 52.2 cm³/mol. The highest BCUT2D eigenvalue weighted by Crippen LogP contribution is 2.28. The molecule has 1 aromatic carbocycles. The van der Waals surface area contributed by atoms with Crippen LogP contribution in [-0.2, 0) is 0 Å². The normalized spacial score (nSPS) is 11.1. The van der Waals surface area contributed by atoms with Crippen LogP contribution in [0.2, 0.25) is 5.02 Å². The lowest BCUT2D eigenvalue weighted by atomic mass is 10.0. The lowest BCUT2D eigenvalue weighted by Gasteiger charge is -2.10. The molecule has 0 fully saturated rings. The molecule has 0 aliphatic rings. The number of ether oxygens (including phenoxy) is 1. The zero-order valence-corrected chi connectivity index (χ0v) is 8.68. The molecule has 0 radical (unpaired) electrons. The zero-order chi connectivity index (χ0) is 10.7. The van der Waals surface area contributed by atoms with E-state index < -0.39 is 6.61 Å². The number of hydrogen-bond acceptors (Lipinski definition) is 1. The first-order valence-corrected chi connectivity index (χ1v) is 4.62. The lowest BCUT2D eigenvalue weighted by molar-refractivity contribution is -0.0498. The van der Waals surface area contributed by atoms with Gasteiger partial charge in [-0.2, -0.15) is 8.78 Å². The van der Waals surface area contributed by atoms with Gasteiger partial charge < -0.3 is 4.74 Å². The quantitative estimate of drug-likeness (QED) is 0.746. The second-order valence-corrected chi connectivity index (χ2v) is 3.62. The smallest absolute Gasteiger partial charge is 0.387 e. The van der Waals surface area contributed by atoms with Crippen molar-refractivity contribution in [2.45, 2.75) is 26.4 Å². The number of rotatable bonds is 3. The highest BCUT2D eigenvalue weighted by Gasteiger charge is 2.09. The lowest BCUT2D eigenvalue weighted by Crippen LogP contribution is -2.02. The molecule has 1 aromatic rings. The summed E-state index contributed by atoms with van der Waals surface area (Å²) in [7, 11) is 0. The van der Waals surface area contributed by atoms with Crippen LogP contribution in [0.15, 0.2) is 18.2 Å². The van der Waals surface area contributed by atoms with Gasteiger partial charge in [-0.1, -0.05) is 25.4 Å². The van der Waals surface area contributed by atoms with Gasteiger partial charge in [0.15, 0.2) is 0 Å². The van der Waals surface area contributed by atoms with Crippen molar-refractivity contribution < 1.29 is 13.5 Å². The van der Waals surface area contributed by atoms with E-state index in [9.17, 15) is 8.78 Å². The Morgan fingerprint density at radius 3 is 2.43 bits per heavy atom. The Morgan fingerprint density at radius 1 is 1.29 bits per heavy atom. The van der Waals surface area contributed by atoms with E-state index in [1.54, 1.807) is 12.1 Å². The standard InChI is InChI=1S/C10H11ClF2O/c1-6(2)8-5-7(14-10(12)13)3-4-9(8)11/h3-6,10H,1-2H3. The molecule has 0 spiro atoms. The van der Waals surface area contributed by atoms with Crippen LogP contribution in [-0.4, -0.2) is 6.61 Å². The second-order valence-electron chi connectivity index (χ2n) is 3.22. The van der Waals surface area contributed by atoms with Crippen LogP contribution in [0, 0.1) is 0 Å². The molecule has 0 heterocycles. The molecule has 14 heavy (non-hydrogen) atoms.